The Morgan fingerprint density at radius 3 is 2.47 bits per heavy atom. The quantitative estimate of drug-likeness (QED) is 0.823. The normalized spacial score (nSPS) is 11.5. The van der Waals surface area contributed by atoms with Crippen LogP contribution in [0.5, 0.6) is 0 Å². The predicted octanol–water partition coefficient (Wildman–Crippen LogP) is 3.53. The lowest BCUT2D eigenvalue weighted by atomic mass is 10.0. The van der Waals surface area contributed by atoms with Gasteiger partial charge in [0.25, 0.3) is 0 Å². The van der Waals surface area contributed by atoms with Crippen molar-refractivity contribution in [1.29, 1.82) is 0 Å². The van der Waals surface area contributed by atoms with Crippen molar-refractivity contribution in [2.45, 2.75) is 52.5 Å². The zero-order valence-electron chi connectivity index (χ0n) is 12.7. The third kappa shape index (κ3) is 4.93. The van der Waals surface area contributed by atoms with E-state index in [1.807, 2.05) is 32.0 Å². The van der Waals surface area contributed by atoms with E-state index in [0.717, 1.165) is 12.1 Å². The molecule has 0 aromatic heterocycles. The van der Waals surface area contributed by atoms with Gasteiger partial charge in [-0.25, -0.2) is 0 Å². The van der Waals surface area contributed by atoms with Gasteiger partial charge in [0.1, 0.15) is 0 Å². The first kappa shape index (κ1) is 15.5. The summed E-state index contributed by atoms with van der Waals surface area (Å²) in [4.78, 5) is 11.9. The molecule has 0 heterocycles. The molecular formula is C16H26N2O. The number of benzene rings is 1. The fourth-order valence-corrected chi connectivity index (χ4v) is 1.85. The number of carbonyl (C=O) groups is 1. The summed E-state index contributed by atoms with van der Waals surface area (Å²) in [5.74, 6) is 0.476. The molecule has 2 N–H and O–H groups in total. The highest BCUT2D eigenvalue weighted by Crippen LogP contribution is 2.23. The van der Waals surface area contributed by atoms with Crippen molar-refractivity contribution in [1.82, 2.24) is 5.32 Å². The molecule has 1 rings (SSSR count). The molecule has 0 fully saturated rings. The number of hydrogen-bond acceptors (Lipinski definition) is 2. The molecule has 1 aromatic rings. The third-order valence-corrected chi connectivity index (χ3v) is 3.38. The number of nitrogens with one attached hydrogen (secondary N) is 2. The monoisotopic (exact) mass is 262 g/mol. The van der Waals surface area contributed by atoms with Gasteiger partial charge in [-0.05, 0) is 37.8 Å². The largest absolute Gasteiger partial charge is 0.376 e. The fourth-order valence-electron chi connectivity index (χ4n) is 1.85. The lowest BCUT2D eigenvalue weighted by Crippen LogP contribution is -2.45. The van der Waals surface area contributed by atoms with Gasteiger partial charge in [0.15, 0.2) is 0 Å². The second kappa shape index (κ2) is 6.60. The molecule has 1 amide bonds. The number of hydrogen-bond donors (Lipinski definition) is 2. The summed E-state index contributed by atoms with van der Waals surface area (Å²) in [6.45, 7) is 10.8. The minimum atomic E-state index is -0.143. The van der Waals surface area contributed by atoms with Crippen molar-refractivity contribution in [2.24, 2.45) is 0 Å². The molecule has 0 aliphatic rings. The van der Waals surface area contributed by atoms with Crippen molar-refractivity contribution in [2.75, 3.05) is 11.9 Å². The molecule has 0 saturated carbocycles. The number of rotatable bonds is 6. The molecule has 0 atom stereocenters. The van der Waals surface area contributed by atoms with Gasteiger partial charge in [0.05, 0.1) is 6.54 Å². The average Bonchev–Trinajstić information content (AvgIpc) is 2.36. The summed E-state index contributed by atoms with van der Waals surface area (Å²) in [7, 11) is 0. The van der Waals surface area contributed by atoms with Gasteiger partial charge in [-0.2, -0.15) is 0 Å². The predicted molar refractivity (Wildman–Crippen MR) is 81.5 cm³/mol. The van der Waals surface area contributed by atoms with Crippen molar-refractivity contribution >= 4 is 11.6 Å². The maximum absolute atomic E-state index is 11.9. The maximum Gasteiger partial charge on any atom is 0.239 e. The Morgan fingerprint density at radius 2 is 1.89 bits per heavy atom. The molecular weight excluding hydrogens is 236 g/mol. The smallest absolute Gasteiger partial charge is 0.239 e. The van der Waals surface area contributed by atoms with Crippen LogP contribution in [0.15, 0.2) is 24.3 Å². The Labute approximate surface area is 116 Å². The molecule has 106 valence electrons. The van der Waals surface area contributed by atoms with E-state index in [-0.39, 0.29) is 11.4 Å². The van der Waals surface area contributed by atoms with Gasteiger partial charge in [-0.1, -0.05) is 39.0 Å². The molecule has 0 unspecified atom stereocenters. The second-order valence-electron chi connectivity index (χ2n) is 5.88. The standard InChI is InChI=1S/C16H26N2O/c1-6-16(4,5)18-15(19)11-17-14-10-8-7-9-13(14)12(2)3/h7-10,12,17H,6,11H2,1-5H3,(H,18,19). The Hall–Kier alpha value is -1.51. The molecule has 0 bridgehead atoms. The summed E-state index contributed by atoms with van der Waals surface area (Å²) in [5.41, 5.74) is 2.14. The van der Waals surface area contributed by atoms with Crippen LogP contribution in [-0.2, 0) is 4.79 Å². The van der Waals surface area contributed by atoms with Gasteiger partial charge in [0.2, 0.25) is 5.91 Å². The van der Waals surface area contributed by atoms with Crippen LogP contribution in [0.3, 0.4) is 0 Å². The molecule has 0 spiro atoms. The van der Waals surface area contributed by atoms with E-state index in [1.165, 1.54) is 5.56 Å². The Morgan fingerprint density at radius 1 is 1.26 bits per heavy atom. The van der Waals surface area contributed by atoms with Crippen LogP contribution in [0.1, 0.15) is 52.5 Å². The van der Waals surface area contributed by atoms with Gasteiger partial charge in [-0.15, -0.1) is 0 Å². The number of anilines is 1. The van der Waals surface area contributed by atoms with E-state index in [0.29, 0.717) is 12.5 Å². The summed E-state index contributed by atoms with van der Waals surface area (Å²) in [6.07, 6.45) is 0.918. The zero-order valence-corrected chi connectivity index (χ0v) is 12.7. The number of carbonyl (C=O) groups excluding carboxylic acids is 1. The lowest BCUT2D eigenvalue weighted by Gasteiger charge is -2.25. The Kier molecular flexibility index (Phi) is 5.40. The molecule has 0 aliphatic heterocycles. The Balaban J connectivity index is 2.60. The van der Waals surface area contributed by atoms with Crippen molar-refractivity contribution in [3.05, 3.63) is 29.8 Å². The van der Waals surface area contributed by atoms with E-state index in [4.69, 9.17) is 0 Å². The van der Waals surface area contributed by atoms with Gasteiger partial charge in [0, 0.05) is 11.2 Å². The fraction of sp³-hybridized carbons (Fsp3) is 0.562. The lowest BCUT2D eigenvalue weighted by molar-refractivity contribution is -0.121. The van der Waals surface area contributed by atoms with Crippen molar-refractivity contribution in [3.63, 3.8) is 0 Å². The van der Waals surface area contributed by atoms with E-state index < -0.39 is 0 Å². The Bertz CT molecular complexity index is 425. The minimum absolute atomic E-state index is 0.0328. The van der Waals surface area contributed by atoms with E-state index >= 15 is 0 Å². The first-order valence-corrected chi connectivity index (χ1v) is 6.99. The SMILES string of the molecule is CCC(C)(C)NC(=O)CNc1ccccc1C(C)C. The third-order valence-electron chi connectivity index (χ3n) is 3.38. The number of amides is 1. The molecule has 0 saturated heterocycles. The average molecular weight is 262 g/mol. The van der Waals surface area contributed by atoms with Crippen LogP contribution >= 0.6 is 0 Å². The van der Waals surface area contributed by atoms with Crippen LogP contribution in [-0.4, -0.2) is 18.0 Å². The summed E-state index contributed by atoms with van der Waals surface area (Å²) >= 11 is 0. The summed E-state index contributed by atoms with van der Waals surface area (Å²) < 4.78 is 0. The van der Waals surface area contributed by atoms with Gasteiger partial charge in [-0.3, -0.25) is 4.79 Å². The highest BCUT2D eigenvalue weighted by atomic mass is 16.2. The van der Waals surface area contributed by atoms with Crippen molar-refractivity contribution < 1.29 is 4.79 Å². The summed E-state index contributed by atoms with van der Waals surface area (Å²) in [6, 6.07) is 8.14. The van der Waals surface area contributed by atoms with Gasteiger partial charge >= 0.3 is 0 Å². The zero-order chi connectivity index (χ0) is 14.5. The van der Waals surface area contributed by atoms with Gasteiger partial charge < -0.3 is 10.6 Å². The minimum Gasteiger partial charge on any atom is -0.376 e. The molecule has 19 heavy (non-hydrogen) atoms. The molecule has 3 nitrogen and oxygen atoms in total. The van der Waals surface area contributed by atoms with Crippen LogP contribution in [0, 0.1) is 0 Å². The van der Waals surface area contributed by atoms with Crippen LogP contribution in [0.2, 0.25) is 0 Å². The van der Waals surface area contributed by atoms with Crippen LogP contribution in [0.25, 0.3) is 0 Å². The first-order valence-electron chi connectivity index (χ1n) is 6.99. The first-order chi connectivity index (χ1) is 8.85. The molecule has 1 aromatic carbocycles. The van der Waals surface area contributed by atoms with E-state index in [9.17, 15) is 4.79 Å². The van der Waals surface area contributed by atoms with E-state index in [2.05, 4.69) is 37.5 Å². The molecule has 0 radical (unpaired) electrons. The molecule has 3 heteroatoms. The topological polar surface area (TPSA) is 41.1 Å². The summed E-state index contributed by atoms with van der Waals surface area (Å²) in [5, 5.41) is 6.25. The maximum atomic E-state index is 11.9. The van der Waals surface area contributed by atoms with Crippen LogP contribution < -0.4 is 10.6 Å². The van der Waals surface area contributed by atoms with Crippen molar-refractivity contribution in [3.8, 4) is 0 Å². The molecule has 0 aliphatic carbocycles. The highest BCUT2D eigenvalue weighted by molar-refractivity contribution is 5.81. The number of para-hydroxylation sites is 1. The van der Waals surface area contributed by atoms with Crippen LogP contribution in [0.4, 0.5) is 5.69 Å². The second-order valence-corrected chi connectivity index (χ2v) is 5.88. The van der Waals surface area contributed by atoms with E-state index in [1.54, 1.807) is 0 Å². The highest BCUT2D eigenvalue weighted by Gasteiger charge is 2.17.